The second-order valence-corrected chi connectivity index (χ2v) is 5.31. The van der Waals surface area contributed by atoms with Crippen LogP contribution in [-0.2, 0) is 0 Å². The maximum atomic E-state index is 12.5. The Balaban J connectivity index is 2.72. The molecule has 0 atom stereocenters. The number of hydrogen-bond donors (Lipinski definition) is 0. The molecular formula is C13H6Cl4F2O. The van der Waals surface area contributed by atoms with Gasteiger partial charge in [0.25, 0.3) is 0 Å². The summed E-state index contributed by atoms with van der Waals surface area (Å²) in [5, 5.41) is 0.751. The Morgan fingerprint density at radius 2 is 1.40 bits per heavy atom. The zero-order chi connectivity index (χ0) is 14.9. The van der Waals surface area contributed by atoms with Gasteiger partial charge >= 0.3 is 6.61 Å². The summed E-state index contributed by atoms with van der Waals surface area (Å²) in [4.78, 5) is 0. The van der Waals surface area contributed by atoms with Crippen LogP contribution >= 0.6 is 46.4 Å². The van der Waals surface area contributed by atoms with Crippen LogP contribution in [0.1, 0.15) is 0 Å². The lowest BCUT2D eigenvalue weighted by Crippen LogP contribution is -2.03. The largest absolute Gasteiger partial charge is 0.434 e. The highest BCUT2D eigenvalue weighted by Gasteiger charge is 2.20. The van der Waals surface area contributed by atoms with Gasteiger partial charge in [0.15, 0.2) is 0 Å². The molecule has 0 N–H and O–H groups in total. The zero-order valence-electron chi connectivity index (χ0n) is 9.64. The maximum Gasteiger partial charge on any atom is 0.387 e. The molecule has 20 heavy (non-hydrogen) atoms. The minimum atomic E-state index is -3.00. The van der Waals surface area contributed by atoms with Crippen LogP contribution in [0.3, 0.4) is 0 Å². The fraction of sp³-hybridized carbons (Fsp3) is 0.0769. The molecule has 0 aromatic heterocycles. The fourth-order valence-electron chi connectivity index (χ4n) is 1.70. The van der Waals surface area contributed by atoms with Crippen molar-refractivity contribution >= 4 is 46.4 Å². The van der Waals surface area contributed by atoms with Gasteiger partial charge in [0.1, 0.15) is 5.75 Å². The van der Waals surface area contributed by atoms with E-state index in [1.54, 1.807) is 0 Å². The Kier molecular flexibility index (Phi) is 4.97. The van der Waals surface area contributed by atoms with Gasteiger partial charge in [-0.05, 0) is 24.3 Å². The number of benzene rings is 2. The lowest BCUT2D eigenvalue weighted by atomic mass is 10.0. The van der Waals surface area contributed by atoms with Gasteiger partial charge in [-0.25, -0.2) is 0 Å². The molecule has 0 saturated carbocycles. The van der Waals surface area contributed by atoms with E-state index in [1.807, 2.05) is 0 Å². The summed E-state index contributed by atoms with van der Waals surface area (Å²) in [5.41, 5.74) is 0.425. The molecule has 0 aliphatic rings. The first kappa shape index (κ1) is 15.6. The molecule has 7 heteroatoms. The van der Waals surface area contributed by atoms with Gasteiger partial charge in [0.2, 0.25) is 0 Å². The van der Waals surface area contributed by atoms with Gasteiger partial charge in [-0.3, -0.25) is 0 Å². The Hall–Kier alpha value is -0.740. The van der Waals surface area contributed by atoms with Crippen molar-refractivity contribution in [2.24, 2.45) is 0 Å². The minimum absolute atomic E-state index is 0.117. The van der Waals surface area contributed by atoms with E-state index in [-0.39, 0.29) is 37.0 Å². The van der Waals surface area contributed by atoms with E-state index in [9.17, 15) is 8.78 Å². The molecule has 0 radical (unpaired) electrons. The summed E-state index contributed by atoms with van der Waals surface area (Å²) < 4.78 is 29.4. The number of rotatable bonds is 3. The van der Waals surface area contributed by atoms with Gasteiger partial charge in [0, 0.05) is 11.1 Å². The number of alkyl halides is 2. The smallest absolute Gasteiger partial charge is 0.387 e. The lowest BCUT2D eigenvalue weighted by Gasteiger charge is -2.15. The first-order valence-electron chi connectivity index (χ1n) is 5.29. The van der Waals surface area contributed by atoms with E-state index in [0.717, 1.165) is 0 Å². The second-order valence-electron chi connectivity index (χ2n) is 3.71. The zero-order valence-corrected chi connectivity index (χ0v) is 12.7. The molecule has 0 aliphatic carbocycles. The summed E-state index contributed by atoms with van der Waals surface area (Å²) in [5.74, 6) is -0.126. The average molecular weight is 358 g/mol. The van der Waals surface area contributed by atoms with Crippen molar-refractivity contribution in [3.05, 3.63) is 50.4 Å². The van der Waals surface area contributed by atoms with Crippen LogP contribution in [0.2, 0.25) is 20.1 Å². The predicted octanol–water partition coefficient (Wildman–Crippen LogP) is 6.57. The molecule has 0 fully saturated rings. The van der Waals surface area contributed by atoms with Crippen LogP contribution in [0.15, 0.2) is 30.3 Å². The summed E-state index contributed by atoms with van der Waals surface area (Å²) in [6.45, 7) is -3.00. The standard InChI is InChI=1S/C13H6Cl4F2O/c14-6-2-1-3-9(20-13(18)19)10(6)11-7(15)4-5-8(16)12(11)17/h1-5,13H. The van der Waals surface area contributed by atoms with E-state index in [1.165, 1.54) is 30.3 Å². The van der Waals surface area contributed by atoms with Gasteiger partial charge < -0.3 is 4.74 Å². The topological polar surface area (TPSA) is 9.23 Å². The first-order chi connectivity index (χ1) is 9.41. The third-order valence-corrected chi connectivity index (χ3v) is 3.92. The summed E-state index contributed by atoms with van der Waals surface area (Å²) in [7, 11) is 0. The van der Waals surface area contributed by atoms with Gasteiger partial charge in [-0.1, -0.05) is 52.5 Å². The third kappa shape index (κ3) is 3.12. The van der Waals surface area contributed by atoms with Crippen molar-refractivity contribution in [2.45, 2.75) is 6.61 Å². The molecule has 0 aliphatic heterocycles. The Bertz CT molecular complexity index is 647. The van der Waals surface area contributed by atoms with Crippen LogP contribution in [0.5, 0.6) is 5.75 Å². The summed E-state index contributed by atoms with van der Waals surface area (Å²) in [6.07, 6.45) is 0. The fourth-order valence-corrected chi connectivity index (χ4v) is 2.67. The van der Waals surface area contributed by atoms with E-state index >= 15 is 0 Å². The highest BCUT2D eigenvalue weighted by molar-refractivity contribution is 6.47. The van der Waals surface area contributed by atoms with E-state index < -0.39 is 6.61 Å². The van der Waals surface area contributed by atoms with Crippen LogP contribution in [0, 0.1) is 0 Å². The van der Waals surface area contributed by atoms with Gasteiger partial charge in [-0.15, -0.1) is 0 Å². The van der Waals surface area contributed by atoms with Crippen LogP contribution < -0.4 is 4.74 Å². The molecule has 0 spiro atoms. The Morgan fingerprint density at radius 1 is 0.800 bits per heavy atom. The molecule has 2 aromatic carbocycles. The lowest BCUT2D eigenvalue weighted by molar-refractivity contribution is -0.0494. The minimum Gasteiger partial charge on any atom is -0.434 e. The van der Waals surface area contributed by atoms with Crippen molar-refractivity contribution in [1.29, 1.82) is 0 Å². The highest BCUT2D eigenvalue weighted by atomic mass is 35.5. The summed E-state index contributed by atoms with van der Waals surface area (Å²) >= 11 is 24.1. The van der Waals surface area contributed by atoms with Crippen molar-refractivity contribution in [3.63, 3.8) is 0 Å². The molecule has 0 bridgehead atoms. The van der Waals surface area contributed by atoms with Crippen LogP contribution in [0.25, 0.3) is 11.1 Å². The molecule has 0 unspecified atom stereocenters. The predicted molar refractivity (Wildman–Crippen MR) is 78.5 cm³/mol. The number of hydrogen-bond acceptors (Lipinski definition) is 1. The number of ether oxygens (including phenoxy) is 1. The van der Waals surface area contributed by atoms with E-state index in [0.29, 0.717) is 0 Å². The molecule has 0 amide bonds. The molecular weight excluding hydrogens is 352 g/mol. The molecule has 0 saturated heterocycles. The van der Waals surface area contributed by atoms with Crippen molar-refractivity contribution in [2.75, 3.05) is 0 Å². The van der Waals surface area contributed by atoms with E-state index in [2.05, 4.69) is 4.74 Å². The molecule has 1 nitrogen and oxygen atoms in total. The second kappa shape index (κ2) is 6.35. The molecule has 0 heterocycles. The summed E-state index contributed by atoms with van der Waals surface area (Å²) in [6, 6.07) is 7.35. The van der Waals surface area contributed by atoms with Crippen LogP contribution in [0.4, 0.5) is 8.78 Å². The third-order valence-electron chi connectivity index (χ3n) is 2.49. The average Bonchev–Trinajstić information content (AvgIpc) is 2.37. The highest BCUT2D eigenvalue weighted by Crippen LogP contribution is 2.46. The normalized spacial score (nSPS) is 10.9. The number of halogens is 6. The van der Waals surface area contributed by atoms with Crippen molar-refractivity contribution in [3.8, 4) is 16.9 Å². The van der Waals surface area contributed by atoms with Crippen molar-refractivity contribution in [1.82, 2.24) is 0 Å². The first-order valence-corrected chi connectivity index (χ1v) is 6.80. The van der Waals surface area contributed by atoms with Crippen molar-refractivity contribution < 1.29 is 13.5 Å². The SMILES string of the molecule is FC(F)Oc1cccc(Cl)c1-c1c(Cl)ccc(Cl)c1Cl. The van der Waals surface area contributed by atoms with Crippen LogP contribution in [-0.4, -0.2) is 6.61 Å². The maximum absolute atomic E-state index is 12.5. The Morgan fingerprint density at radius 3 is 2.05 bits per heavy atom. The van der Waals surface area contributed by atoms with Gasteiger partial charge in [0.05, 0.1) is 20.1 Å². The van der Waals surface area contributed by atoms with Gasteiger partial charge in [-0.2, -0.15) is 8.78 Å². The van der Waals surface area contributed by atoms with E-state index in [4.69, 9.17) is 46.4 Å². The Labute approximate surface area is 134 Å². The monoisotopic (exact) mass is 356 g/mol. The molecule has 2 rings (SSSR count). The molecule has 106 valence electrons. The molecule has 2 aromatic rings. The quantitative estimate of drug-likeness (QED) is 0.564.